The third kappa shape index (κ3) is 4.36. The van der Waals surface area contributed by atoms with Gasteiger partial charge in [0.1, 0.15) is 12.7 Å². The summed E-state index contributed by atoms with van der Waals surface area (Å²) < 4.78 is 25.7. The molecule has 0 aliphatic carbocycles. The number of imidazole rings is 1. The maximum Gasteiger partial charge on any atom is 0.215 e. The number of para-hydroxylation sites is 2. The molecule has 152 valence electrons. The van der Waals surface area contributed by atoms with Gasteiger partial charge < -0.3 is 23.5 Å². The topological polar surface area (TPSA) is 54.7 Å². The molecular formula is C21H20Cl2N2O4. The zero-order chi connectivity index (χ0) is 20.3. The normalized spacial score (nSPS) is 21.3. The SMILES string of the molecule is COc1ccccc1OCC1COC(Cn2ccnc2)(c2ccc(Cl)cc2Cl)O1. The van der Waals surface area contributed by atoms with E-state index < -0.39 is 5.79 Å². The molecule has 0 spiro atoms. The minimum atomic E-state index is -1.07. The van der Waals surface area contributed by atoms with Gasteiger partial charge in [-0.15, -0.1) is 0 Å². The number of benzene rings is 2. The van der Waals surface area contributed by atoms with E-state index in [1.807, 2.05) is 41.1 Å². The van der Waals surface area contributed by atoms with E-state index in [0.29, 0.717) is 46.9 Å². The van der Waals surface area contributed by atoms with Crippen molar-refractivity contribution in [3.63, 3.8) is 0 Å². The molecule has 2 unspecified atom stereocenters. The number of nitrogens with zero attached hydrogens (tertiary/aromatic N) is 2. The molecule has 1 aliphatic heterocycles. The van der Waals surface area contributed by atoms with Crippen molar-refractivity contribution in [1.29, 1.82) is 0 Å². The molecule has 8 heteroatoms. The zero-order valence-electron chi connectivity index (χ0n) is 15.8. The molecule has 0 saturated carbocycles. The fourth-order valence-electron chi connectivity index (χ4n) is 3.30. The summed E-state index contributed by atoms with van der Waals surface area (Å²) in [5.41, 5.74) is 0.706. The molecule has 2 heterocycles. The third-order valence-corrected chi connectivity index (χ3v) is 5.19. The van der Waals surface area contributed by atoms with Gasteiger partial charge in [-0.1, -0.05) is 41.4 Å². The van der Waals surface area contributed by atoms with Crippen LogP contribution in [0.3, 0.4) is 0 Å². The van der Waals surface area contributed by atoms with E-state index in [1.165, 1.54) is 0 Å². The van der Waals surface area contributed by atoms with Crippen LogP contribution < -0.4 is 9.47 Å². The first kappa shape index (κ1) is 20.0. The van der Waals surface area contributed by atoms with Crippen LogP contribution in [0.15, 0.2) is 61.2 Å². The Morgan fingerprint density at radius 3 is 2.76 bits per heavy atom. The lowest BCUT2D eigenvalue weighted by molar-refractivity contribution is -0.189. The van der Waals surface area contributed by atoms with Crippen molar-refractivity contribution in [3.05, 3.63) is 76.8 Å². The van der Waals surface area contributed by atoms with Crippen molar-refractivity contribution in [2.24, 2.45) is 0 Å². The zero-order valence-corrected chi connectivity index (χ0v) is 17.3. The highest BCUT2D eigenvalue weighted by Crippen LogP contribution is 2.40. The predicted molar refractivity (Wildman–Crippen MR) is 110 cm³/mol. The molecule has 1 aliphatic rings. The maximum atomic E-state index is 6.48. The van der Waals surface area contributed by atoms with E-state index in [-0.39, 0.29) is 6.10 Å². The Morgan fingerprint density at radius 1 is 1.21 bits per heavy atom. The van der Waals surface area contributed by atoms with Crippen molar-refractivity contribution < 1.29 is 18.9 Å². The first-order valence-corrected chi connectivity index (χ1v) is 9.84. The first-order valence-electron chi connectivity index (χ1n) is 9.08. The van der Waals surface area contributed by atoms with Gasteiger partial charge in [-0.25, -0.2) is 4.98 Å². The summed E-state index contributed by atoms with van der Waals surface area (Å²) in [6, 6.07) is 12.7. The Hall–Kier alpha value is -2.25. The number of halogens is 2. The summed E-state index contributed by atoms with van der Waals surface area (Å²) in [7, 11) is 1.61. The molecule has 0 bridgehead atoms. The number of hydrogen-bond donors (Lipinski definition) is 0. The van der Waals surface area contributed by atoms with Gasteiger partial charge in [0, 0.05) is 23.0 Å². The molecular weight excluding hydrogens is 415 g/mol. The van der Waals surface area contributed by atoms with Crippen molar-refractivity contribution in [3.8, 4) is 11.5 Å². The number of rotatable bonds is 7. The van der Waals surface area contributed by atoms with E-state index in [4.69, 9.17) is 42.1 Å². The quantitative estimate of drug-likeness (QED) is 0.545. The lowest BCUT2D eigenvalue weighted by Gasteiger charge is -2.30. The number of aromatic nitrogens is 2. The Kier molecular flexibility index (Phi) is 5.96. The summed E-state index contributed by atoms with van der Waals surface area (Å²) >= 11 is 12.6. The minimum absolute atomic E-state index is 0.296. The van der Waals surface area contributed by atoms with Crippen LogP contribution in [0.25, 0.3) is 0 Å². The van der Waals surface area contributed by atoms with Crippen molar-refractivity contribution in [2.45, 2.75) is 18.4 Å². The van der Waals surface area contributed by atoms with Gasteiger partial charge in [0.2, 0.25) is 5.79 Å². The Morgan fingerprint density at radius 2 is 2.03 bits per heavy atom. The van der Waals surface area contributed by atoms with Gasteiger partial charge in [0.05, 0.1) is 31.6 Å². The van der Waals surface area contributed by atoms with Crippen LogP contribution in [0.4, 0.5) is 0 Å². The summed E-state index contributed by atoms with van der Waals surface area (Å²) in [6.07, 6.45) is 4.96. The van der Waals surface area contributed by atoms with E-state index in [9.17, 15) is 0 Å². The van der Waals surface area contributed by atoms with Crippen LogP contribution in [-0.2, 0) is 21.8 Å². The molecule has 2 aromatic carbocycles. The summed E-state index contributed by atoms with van der Waals surface area (Å²) in [5, 5.41) is 1.02. The second-order valence-corrected chi connectivity index (χ2v) is 7.47. The number of hydrogen-bond acceptors (Lipinski definition) is 5. The highest BCUT2D eigenvalue weighted by atomic mass is 35.5. The molecule has 0 N–H and O–H groups in total. The third-order valence-electron chi connectivity index (χ3n) is 4.64. The molecule has 4 rings (SSSR count). The van der Waals surface area contributed by atoms with Crippen LogP contribution in [0, 0.1) is 0 Å². The molecule has 1 fully saturated rings. The highest BCUT2D eigenvalue weighted by molar-refractivity contribution is 6.35. The van der Waals surface area contributed by atoms with Gasteiger partial charge >= 0.3 is 0 Å². The van der Waals surface area contributed by atoms with Crippen LogP contribution in [0.2, 0.25) is 10.0 Å². The molecule has 6 nitrogen and oxygen atoms in total. The van der Waals surface area contributed by atoms with E-state index >= 15 is 0 Å². The average molecular weight is 435 g/mol. The molecule has 0 amide bonds. The lowest BCUT2D eigenvalue weighted by atomic mass is 10.1. The van der Waals surface area contributed by atoms with Crippen molar-refractivity contribution in [1.82, 2.24) is 9.55 Å². The van der Waals surface area contributed by atoms with Crippen molar-refractivity contribution in [2.75, 3.05) is 20.3 Å². The Labute approximate surface area is 178 Å². The van der Waals surface area contributed by atoms with Crippen LogP contribution in [-0.4, -0.2) is 36.0 Å². The molecule has 0 radical (unpaired) electrons. The number of methoxy groups -OCH3 is 1. The molecule has 29 heavy (non-hydrogen) atoms. The van der Waals surface area contributed by atoms with Gasteiger partial charge in [-0.05, 0) is 24.3 Å². The van der Waals surface area contributed by atoms with Gasteiger partial charge in [-0.2, -0.15) is 0 Å². The van der Waals surface area contributed by atoms with E-state index in [2.05, 4.69) is 4.98 Å². The van der Waals surface area contributed by atoms with Crippen LogP contribution >= 0.6 is 23.2 Å². The first-order chi connectivity index (χ1) is 14.1. The van der Waals surface area contributed by atoms with Gasteiger partial charge in [-0.3, -0.25) is 0 Å². The Bertz CT molecular complexity index is 967. The molecule has 3 aromatic rings. The Balaban J connectivity index is 1.55. The standard InChI is InChI=1S/C21H20Cl2N2O4/c1-26-19-4-2-3-5-20(19)27-11-16-12-28-21(29-16,13-25-9-8-24-14-25)17-7-6-15(22)10-18(17)23/h2-10,14,16H,11-13H2,1H3. The van der Waals surface area contributed by atoms with Gasteiger partial charge in [0.15, 0.2) is 11.5 Å². The smallest absolute Gasteiger partial charge is 0.215 e. The second kappa shape index (κ2) is 8.63. The summed E-state index contributed by atoms with van der Waals surface area (Å²) in [5.74, 6) is 0.240. The predicted octanol–water partition coefficient (Wildman–Crippen LogP) is 4.55. The van der Waals surface area contributed by atoms with Crippen molar-refractivity contribution >= 4 is 23.2 Å². The number of ether oxygens (including phenoxy) is 4. The molecule has 2 atom stereocenters. The van der Waals surface area contributed by atoms with E-state index in [0.717, 1.165) is 0 Å². The average Bonchev–Trinajstić information content (AvgIpc) is 3.37. The molecule has 1 aromatic heterocycles. The fraction of sp³-hybridized carbons (Fsp3) is 0.286. The lowest BCUT2D eigenvalue weighted by Crippen LogP contribution is -2.34. The fourth-order valence-corrected chi connectivity index (χ4v) is 3.85. The van der Waals surface area contributed by atoms with Crippen LogP contribution in [0.1, 0.15) is 5.56 Å². The van der Waals surface area contributed by atoms with Gasteiger partial charge in [0.25, 0.3) is 0 Å². The molecule has 1 saturated heterocycles. The highest BCUT2D eigenvalue weighted by Gasteiger charge is 2.45. The van der Waals surface area contributed by atoms with E-state index in [1.54, 1.807) is 31.8 Å². The summed E-state index contributed by atoms with van der Waals surface area (Å²) in [4.78, 5) is 4.10. The minimum Gasteiger partial charge on any atom is -0.493 e. The van der Waals surface area contributed by atoms with Crippen LogP contribution in [0.5, 0.6) is 11.5 Å². The maximum absolute atomic E-state index is 6.48. The monoisotopic (exact) mass is 434 g/mol. The largest absolute Gasteiger partial charge is 0.493 e. The summed E-state index contributed by atoms with van der Waals surface area (Å²) in [6.45, 7) is 1.04. The second-order valence-electron chi connectivity index (χ2n) is 6.62.